The molecule has 0 heterocycles. The molecular formula is C7H9NO4S. The molecule has 1 N–H and O–H groups in total. The van der Waals surface area contributed by atoms with Crippen molar-refractivity contribution < 1.29 is 13.7 Å². The summed E-state index contributed by atoms with van der Waals surface area (Å²) in [7, 11) is 0. The van der Waals surface area contributed by atoms with Crippen molar-refractivity contribution >= 4 is 11.1 Å². The summed E-state index contributed by atoms with van der Waals surface area (Å²) >= 11 is -2.51. The molecule has 0 bridgehead atoms. The SMILES string of the molecule is CC1C=CC=CC1([N+](=O)[O-])S(=O)O. The van der Waals surface area contributed by atoms with Gasteiger partial charge in [-0.2, -0.15) is 0 Å². The van der Waals surface area contributed by atoms with Gasteiger partial charge in [0.05, 0.1) is 5.92 Å². The van der Waals surface area contributed by atoms with Crippen LogP contribution in [-0.2, 0) is 11.1 Å². The van der Waals surface area contributed by atoms with Gasteiger partial charge in [-0.05, 0) is 0 Å². The maximum atomic E-state index is 10.9. The van der Waals surface area contributed by atoms with Crippen LogP contribution < -0.4 is 0 Å². The number of allylic oxidation sites excluding steroid dienone is 2. The maximum absolute atomic E-state index is 10.9. The Morgan fingerprint density at radius 3 is 2.54 bits per heavy atom. The van der Waals surface area contributed by atoms with Gasteiger partial charge in [-0.1, -0.05) is 25.2 Å². The topological polar surface area (TPSA) is 80.4 Å². The molecule has 1 aliphatic carbocycles. The highest BCUT2D eigenvalue weighted by Crippen LogP contribution is 2.30. The highest BCUT2D eigenvalue weighted by Gasteiger charge is 2.52. The standard InChI is InChI=1S/C7H9NO4S/c1-6-4-2-3-5-7(6,8(9)10)13(11)12/h2-6H,1H3,(H,11,12). The van der Waals surface area contributed by atoms with Crippen molar-refractivity contribution in [3.63, 3.8) is 0 Å². The van der Waals surface area contributed by atoms with Crippen LogP contribution in [0.2, 0.25) is 0 Å². The molecule has 1 rings (SSSR count). The van der Waals surface area contributed by atoms with Gasteiger partial charge < -0.3 is 4.55 Å². The number of hydrogen-bond donors (Lipinski definition) is 1. The summed E-state index contributed by atoms with van der Waals surface area (Å²) in [5.41, 5.74) is 0. The monoisotopic (exact) mass is 203 g/mol. The largest absolute Gasteiger partial charge is 0.343 e. The Kier molecular flexibility index (Phi) is 2.63. The first kappa shape index (κ1) is 10.1. The van der Waals surface area contributed by atoms with Crippen molar-refractivity contribution in [1.29, 1.82) is 0 Å². The Morgan fingerprint density at radius 2 is 2.23 bits per heavy atom. The van der Waals surface area contributed by atoms with Crippen LogP contribution in [0.5, 0.6) is 0 Å². The number of rotatable bonds is 2. The van der Waals surface area contributed by atoms with E-state index in [2.05, 4.69) is 0 Å². The van der Waals surface area contributed by atoms with Crippen LogP contribution in [-0.4, -0.2) is 18.6 Å². The lowest BCUT2D eigenvalue weighted by Crippen LogP contribution is -2.46. The third-order valence-electron chi connectivity index (χ3n) is 2.06. The highest BCUT2D eigenvalue weighted by molar-refractivity contribution is 7.80. The van der Waals surface area contributed by atoms with E-state index in [4.69, 9.17) is 4.55 Å². The first-order chi connectivity index (χ1) is 6.01. The molecule has 0 aromatic rings. The van der Waals surface area contributed by atoms with Crippen molar-refractivity contribution in [3.05, 3.63) is 34.4 Å². The summed E-state index contributed by atoms with van der Waals surface area (Å²) in [6.45, 7) is 1.54. The van der Waals surface area contributed by atoms with Crippen LogP contribution in [0.4, 0.5) is 0 Å². The van der Waals surface area contributed by atoms with Crippen LogP contribution in [0.25, 0.3) is 0 Å². The van der Waals surface area contributed by atoms with Gasteiger partial charge in [-0.3, -0.25) is 10.1 Å². The summed E-state index contributed by atoms with van der Waals surface area (Å²) in [6.07, 6.45) is 5.74. The van der Waals surface area contributed by atoms with E-state index < -0.39 is 26.8 Å². The van der Waals surface area contributed by atoms with Crippen molar-refractivity contribution in [1.82, 2.24) is 0 Å². The van der Waals surface area contributed by atoms with Gasteiger partial charge in [-0.15, -0.1) is 0 Å². The van der Waals surface area contributed by atoms with Crippen molar-refractivity contribution in [2.24, 2.45) is 5.92 Å². The molecule has 0 radical (unpaired) electrons. The fourth-order valence-electron chi connectivity index (χ4n) is 1.22. The normalized spacial score (nSPS) is 34.5. The van der Waals surface area contributed by atoms with Gasteiger partial charge in [0.25, 0.3) is 0 Å². The fourth-order valence-corrected chi connectivity index (χ4v) is 1.94. The third-order valence-corrected chi connectivity index (χ3v) is 3.28. The van der Waals surface area contributed by atoms with Crippen LogP contribution in [0.1, 0.15) is 6.92 Å². The van der Waals surface area contributed by atoms with Gasteiger partial charge >= 0.3 is 4.87 Å². The molecule has 1 aliphatic rings. The average molecular weight is 203 g/mol. The van der Waals surface area contributed by atoms with Gasteiger partial charge in [0.2, 0.25) is 11.1 Å². The van der Waals surface area contributed by atoms with E-state index in [1.54, 1.807) is 6.08 Å². The molecule has 0 saturated heterocycles. The lowest BCUT2D eigenvalue weighted by atomic mass is 9.97. The highest BCUT2D eigenvalue weighted by atomic mass is 32.2. The number of nitro groups is 1. The zero-order valence-corrected chi connectivity index (χ0v) is 7.73. The molecule has 0 fully saturated rings. The minimum absolute atomic E-state index is 0.585. The Hall–Kier alpha value is -1.01. The second-order valence-corrected chi connectivity index (χ2v) is 3.94. The summed E-state index contributed by atoms with van der Waals surface area (Å²) in [6, 6.07) is 0. The molecule has 3 unspecified atom stereocenters. The lowest BCUT2D eigenvalue weighted by molar-refractivity contribution is -0.533. The second kappa shape index (κ2) is 3.39. The van der Waals surface area contributed by atoms with Gasteiger partial charge in [0.1, 0.15) is 0 Å². The van der Waals surface area contributed by atoms with E-state index in [0.717, 1.165) is 6.08 Å². The molecule has 0 spiro atoms. The minimum atomic E-state index is -2.51. The average Bonchev–Trinajstić information content (AvgIpc) is 2.04. The third kappa shape index (κ3) is 1.42. The Bertz CT molecular complexity index is 296. The van der Waals surface area contributed by atoms with Crippen LogP contribution in [0.3, 0.4) is 0 Å². The van der Waals surface area contributed by atoms with Crippen molar-refractivity contribution in [3.8, 4) is 0 Å². The van der Waals surface area contributed by atoms with E-state index in [1.807, 2.05) is 0 Å². The van der Waals surface area contributed by atoms with Crippen LogP contribution in [0.15, 0.2) is 24.3 Å². The van der Waals surface area contributed by atoms with Gasteiger partial charge in [0, 0.05) is 11.0 Å². The number of hydrogen-bond acceptors (Lipinski definition) is 3. The first-order valence-corrected chi connectivity index (χ1v) is 4.74. The van der Waals surface area contributed by atoms with Crippen LogP contribution in [0, 0.1) is 16.0 Å². The molecule has 5 nitrogen and oxygen atoms in total. The molecule has 0 aromatic heterocycles. The predicted molar refractivity (Wildman–Crippen MR) is 47.9 cm³/mol. The van der Waals surface area contributed by atoms with E-state index in [1.165, 1.54) is 19.1 Å². The van der Waals surface area contributed by atoms with Crippen molar-refractivity contribution in [2.75, 3.05) is 0 Å². The zero-order chi connectivity index (χ0) is 10.1. The van der Waals surface area contributed by atoms with E-state index in [-0.39, 0.29) is 0 Å². The molecule has 3 atom stereocenters. The fraction of sp³-hybridized carbons (Fsp3) is 0.429. The van der Waals surface area contributed by atoms with Crippen LogP contribution >= 0.6 is 0 Å². The van der Waals surface area contributed by atoms with Gasteiger partial charge in [-0.25, -0.2) is 4.21 Å². The Balaban J connectivity index is 3.19. The zero-order valence-electron chi connectivity index (χ0n) is 6.91. The summed E-state index contributed by atoms with van der Waals surface area (Å²) in [5, 5.41) is 10.7. The molecular weight excluding hydrogens is 194 g/mol. The summed E-state index contributed by atoms with van der Waals surface area (Å²) < 4.78 is 19.8. The molecule has 13 heavy (non-hydrogen) atoms. The molecule has 6 heteroatoms. The molecule has 0 saturated carbocycles. The minimum Gasteiger partial charge on any atom is -0.300 e. The first-order valence-electron chi connectivity index (χ1n) is 3.63. The second-order valence-electron chi connectivity index (χ2n) is 2.79. The van der Waals surface area contributed by atoms with Crippen molar-refractivity contribution in [2.45, 2.75) is 11.8 Å². The maximum Gasteiger partial charge on any atom is 0.343 e. The molecule has 0 aromatic carbocycles. The molecule has 0 amide bonds. The Morgan fingerprint density at radius 1 is 1.62 bits per heavy atom. The molecule has 0 aliphatic heterocycles. The van der Waals surface area contributed by atoms with E-state index in [9.17, 15) is 14.3 Å². The Labute approximate surface area is 77.6 Å². The van der Waals surface area contributed by atoms with E-state index >= 15 is 0 Å². The smallest absolute Gasteiger partial charge is 0.300 e. The number of nitrogens with zero attached hydrogens (tertiary/aromatic N) is 1. The quantitative estimate of drug-likeness (QED) is 0.411. The lowest BCUT2D eigenvalue weighted by Gasteiger charge is -2.23. The van der Waals surface area contributed by atoms with Gasteiger partial charge in [0.15, 0.2) is 0 Å². The van der Waals surface area contributed by atoms with E-state index in [0.29, 0.717) is 0 Å². The molecule has 72 valence electrons. The summed E-state index contributed by atoms with van der Waals surface area (Å²) in [5.74, 6) is -0.585. The summed E-state index contributed by atoms with van der Waals surface area (Å²) in [4.78, 5) is 8.10. The predicted octanol–water partition coefficient (Wildman–Crippen LogP) is 0.943.